The molecule has 0 bridgehead atoms. The lowest BCUT2D eigenvalue weighted by Gasteiger charge is -2.40. The number of rotatable bonds is 2. The number of ether oxygens (including phenoxy) is 1. The molecule has 0 aromatic heterocycles. The first-order valence-electron chi connectivity index (χ1n) is 8.28. The SMILES string of the molecule is Cc1cccc(Cl)c1NC(=O)N1CCN(C2CCOCC2)CC1. The minimum atomic E-state index is -0.0622. The monoisotopic (exact) mass is 337 g/mol. The van der Waals surface area contributed by atoms with Gasteiger partial charge in [0.1, 0.15) is 0 Å². The largest absolute Gasteiger partial charge is 0.381 e. The fourth-order valence-corrected chi connectivity index (χ4v) is 3.59. The number of benzene rings is 1. The van der Waals surface area contributed by atoms with E-state index >= 15 is 0 Å². The summed E-state index contributed by atoms with van der Waals surface area (Å²) in [5.41, 5.74) is 1.69. The lowest BCUT2D eigenvalue weighted by molar-refractivity contribution is 0.0194. The summed E-state index contributed by atoms with van der Waals surface area (Å²) in [6, 6.07) is 6.19. The summed E-state index contributed by atoms with van der Waals surface area (Å²) in [6.07, 6.45) is 2.20. The predicted octanol–water partition coefficient (Wildman–Crippen LogP) is 2.98. The van der Waals surface area contributed by atoms with Crippen LogP contribution in [0.4, 0.5) is 10.5 Å². The van der Waals surface area contributed by atoms with Gasteiger partial charge < -0.3 is 15.0 Å². The Morgan fingerprint density at radius 2 is 1.91 bits per heavy atom. The number of carbonyl (C=O) groups excluding carboxylic acids is 1. The lowest BCUT2D eigenvalue weighted by atomic mass is 10.1. The van der Waals surface area contributed by atoms with E-state index in [1.54, 1.807) is 6.07 Å². The zero-order chi connectivity index (χ0) is 16.2. The number of aryl methyl sites for hydroxylation is 1. The van der Waals surface area contributed by atoms with Crippen LogP contribution < -0.4 is 5.32 Å². The molecule has 1 N–H and O–H groups in total. The van der Waals surface area contributed by atoms with Gasteiger partial charge in [-0.2, -0.15) is 0 Å². The van der Waals surface area contributed by atoms with Gasteiger partial charge in [0.25, 0.3) is 0 Å². The van der Waals surface area contributed by atoms with Crippen LogP contribution in [0.25, 0.3) is 0 Å². The number of halogens is 1. The molecule has 0 saturated carbocycles. The normalized spacial score (nSPS) is 20.5. The number of nitrogens with one attached hydrogen (secondary N) is 1. The van der Waals surface area contributed by atoms with Gasteiger partial charge in [0.15, 0.2) is 0 Å². The van der Waals surface area contributed by atoms with Crippen molar-refractivity contribution in [3.63, 3.8) is 0 Å². The topological polar surface area (TPSA) is 44.8 Å². The number of para-hydroxylation sites is 1. The van der Waals surface area contributed by atoms with Crippen LogP contribution in [0.2, 0.25) is 5.02 Å². The minimum Gasteiger partial charge on any atom is -0.381 e. The number of amides is 2. The summed E-state index contributed by atoms with van der Waals surface area (Å²) < 4.78 is 5.42. The number of piperazine rings is 1. The molecule has 0 spiro atoms. The van der Waals surface area contributed by atoms with Gasteiger partial charge in [0.2, 0.25) is 0 Å². The van der Waals surface area contributed by atoms with E-state index in [9.17, 15) is 4.79 Å². The van der Waals surface area contributed by atoms with Crippen LogP contribution in [0.1, 0.15) is 18.4 Å². The van der Waals surface area contributed by atoms with Gasteiger partial charge in [0, 0.05) is 45.4 Å². The molecule has 23 heavy (non-hydrogen) atoms. The fourth-order valence-electron chi connectivity index (χ4n) is 3.32. The third kappa shape index (κ3) is 3.97. The van der Waals surface area contributed by atoms with Crippen LogP contribution in [-0.4, -0.2) is 61.3 Å². The van der Waals surface area contributed by atoms with Crippen LogP contribution in [-0.2, 0) is 4.74 Å². The number of nitrogens with zero attached hydrogens (tertiary/aromatic N) is 2. The second-order valence-electron chi connectivity index (χ2n) is 6.23. The van der Waals surface area contributed by atoms with Crippen molar-refractivity contribution in [2.75, 3.05) is 44.7 Å². The van der Waals surface area contributed by atoms with Gasteiger partial charge in [-0.05, 0) is 31.4 Å². The molecule has 5 nitrogen and oxygen atoms in total. The van der Waals surface area contributed by atoms with E-state index in [1.807, 2.05) is 24.0 Å². The number of urea groups is 1. The van der Waals surface area contributed by atoms with Gasteiger partial charge in [-0.1, -0.05) is 23.7 Å². The molecular weight excluding hydrogens is 314 g/mol. The molecule has 0 unspecified atom stereocenters. The zero-order valence-electron chi connectivity index (χ0n) is 13.6. The smallest absolute Gasteiger partial charge is 0.321 e. The molecule has 2 aliphatic rings. The number of anilines is 1. The molecule has 2 amide bonds. The molecule has 0 aliphatic carbocycles. The average molecular weight is 338 g/mol. The molecule has 6 heteroatoms. The minimum absolute atomic E-state index is 0.0622. The molecule has 3 rings (SSSR count). The van der Waals surface area contributed by atoms with E-state index < -0.39 is 0 Å². The molecule has 2 saturated heterocycles. The molecule has 1 aromatic rings. The third-order valence-electron chi connectivity index (χ3n) is 4.76. The molecule has 0 radical (unpaired) electrons. The van der Waals surface area contributed by atoms with Crippen molar-refractivity contribution in [3.05, 3.63) is 28.8 Å². The quantitative estimate of drug-likeness (QED) is 0.902. The molecule has 126 valence electrons. The van der Waals surface area contributed by atoms with Crippen molar-refractivity contribution in [3.8, 4) is 0 Å². The maximum absolute atomic E-state index is 12.5. The Morgan fingerprint density at radius 3 is 2.57 bits per heavy atom. The summed E-state index contributed by atoms with van der Waals surface area (Å²) in [5, 5.41) is 3.54. The zero-order valence-corrected chi connectivity index (χ0v) is 14.3. The summed E-state index contributed by atoms with van der Waals surface area (Å²) in [4.78, 5) is 16.8. The molecule has 2 fully saturated rings. The predicted molar refractivity (Wildman–Crippen MR) is 92.2 cm³/mol. The highest BCUT2D eigenvalue weighted by Gasteiger charge is 2.27. The van der Waals surface area contributed by atoms with Gasteiger partial charge >= 0.3 is 6.03 Å². The second-order valence-corrected chi connectivity index (χ2v) is 6.64. The highest BCUT2D eigenvalue weighted by Crippen LogP contribution is 2.25. The maximum atomic E-state index is 12.5. The van der Waals surface area contributed by atoms with Crippen molar-refractivity contribution in [2.45, 2.75) is 25.8 Å². The highest BCUT2D eigenvalue weighted by atomic mass is 35.5. The van der Waals surface area contributed by atoms with Gasteiger partial charge in [-0.15, -0.1) is 0 Å². The van der Waals surface area contributed by atoms with Gasteiger partial charge in [-0.25, -0.2) is 4.79 Å². The summed E-state index contributed by atoms with van der Waals surface area (Å²) in [7, 11) is 0. The first-order chi connectivity index (χ1) is 11.1. The van der Waals surface area contributed by atoms with Crippen molar-refractivity contribution < 1.29 is 9.53 Å². The second kappa shape index (κ2) is 7.51. The van der Waals surface area contributed by atoms with E-state index in [1.165, 1.54) is 0 Å². The molecule has 1 aromatic carbocycles. The van der Waals surface area contributed by atoms with Crippen LogP contribution in [0.3, 0.4) is 0 Å². The first-order valence-corrected chi connectivity index (χ1v) is 8.66. The van der Waals surface area contributed by atoms with E-state index in [4.69, 9.17) is 16.3 Å². The number of hydrogen-bond donors (Lipinski definition) is 1. The van der Waals surface area contributed by atoms with E-state index in [0.29, 0.717) is 16.8 Å². The Balaban J connectivity index is 1.54. The summed E-state index contributed by atoms with van der Waals surface area (Å²) in [5.74, 6) is 0. The lowest BCUT2D eigenvalue weighted by Crippen LogP contribution is -2.53. The van der Waals surface area contributed by atoms with Crippen molar-refractivity contribution >= 4 is 23.3 Å². The Morgan fingerprint density at radius 1 is 1.22 bits per heavy atom. The van der Waals surface area contributed by atoms with Crippen LogP contribution in [0.15, 0.2) is 18.2 Å². The van der Waals surface area contributed by atoms with E-state index in [2.05, 4.69) is 10.2 Å². The van der Waals surface area contributed by atoms with Crippen molar-refractivity contribution in [1.82, 2.24) is 9.80 Å². The fraction of sp³-hybridized carbons (Fsp3) is 0.588. The Labute approximate surface area is 142 Å². The van der Waals surface area contributed by atoms with Crippen LogP contribution >= 0.6 is 11.6 Å². The Kier molecular flexibility index (Phi) is 5.41. The van der Waals surface area contributed by atoms with Crippen LogP contribution in [0, 0.1) is 6.92 Å². The third-order valence-corrected chi connectivity index (χ3v) is 5.08. The first kappa shape index (κ1) is 16.6. The summed E-state index contributed by atoms with van der Waals surface area (Å²) >= 11 is 6.18. The maximum Gasteiger partial charge on any atom is 0.321 e. The number of hydrogen-bond acceptors (Lipinski definition) is 3. The molecule has 2 aliphatic heterocycles. The van der Waals surface area contributed by atoms with E-state index in [-0.39, 0.29) is 6.03 Å². The molecular formula is C17H24ClN3O2. The van der Waals surface area contributed by atoms with Crippen LogP contribution in [0.5, 0.6) is 0 Å². The van der Waals surface area contributed by atoms with Gasteiger partial charge in [0.05, 0.1) is 10.7 Å². The Bertz CT molecular complexity index is 533. The van der Waals surface area contributed by atoms with Crippen molar-refractivity contribution in [1.29, 1.82) is 0 Å². The standard InChI is InChI=1S/C17H24ClN3O2/c1-13-3-2-4-15(18)16(13)19-17(22)21-9-7-20(8-10-21)14-5-11-23-12-6-14/h2-4,14H,5-12H2,1H3,(H,19,22). The molecule has 0 atom stereocenters. The highest BCUT2D eigenvalue weighted by molar-refractivity contribution is 6.33. The van der Waals surface area contributed by atoms with Crippen molar-refractivity contribution in [2.24, 2.45) is 0 Å². The van der Waals surface area contributed by atoms with E-state index in [0.717, 1.165) is 57.8 Å². The average Bonchev–Trinajstić information content (AvgIpc) is 2.59. The van der Waals surface area contributed by atoms with Gasteiger partial charge in [-0.3, -0.25) is 4.90 Å². The number of carbonyl (C=O) groups is 1. The molecule has 2 heterocycles. The summed E-state index contributed by atoms with van der Waals surface area (Å²) in [6.45, 7) is 7.04. The Hall–Kier alpha value is -1.30.